The van der Waals surface area contributed by atoms with Gasteiger partial charge in [-0.05, 0) is 58.3 Å². The molecule has 120 valence electrons. The Morgan fingerprint density at radius 1 is 1.29 bits per heavy atom. The van der Waals surface area contributed by atoms with Gasteiger partial charge in [0, 0.05) is 19.8 Å². The maximum atomic E-state index is 7.08. The van der Waals surface area contributed by atoms with Gasteiger partial charge in [-0.2, -0.15) is 0 Å². The second-order valence-corrected chi connectivity index (χ2v) is 5.09. The van der Waals surface area contributed by atoms with Crippen LogP contribution in [0.3, 0.4) is 0 Å². The Bertz CT molecular complexity index is 370. The lowest BCUT2D eigenvalue weighted by Crippen LogP contribution is -2.38. The van der Waals surface area contributed by atoms with Crippen LogP contribution < -0.4 is 10.9 Å². The molecule has 0 aliphatic heterocycles. The van der Waals surface area contributed by atoms with Gasteiger partial charge in [0.2, 0.25) is 0 Å². The SMILES string of the molecule is CNNCN(C)CCC/C=C(\C=C/N(C)C)C(/C)=N\C=N. The minimum atomic E-state index is 0.821. The van der Waals surface area contributed by atoms with Gasteiger partial charge >= 0.3 is 0 Å². The molecule has 0 aromatic carbocycles. The van der Waals surface area contributed by atoms with E-state index in [1.165, 1.54) is 0 Å². The summed E-state index contributed by atoms with van der Waals surface area (Å²) in [5.74, 6) is 0. The third-order valence-electron chi connectivity index (χ3n) is 2.86. The number of unbranched alkanes of at least 4 members (excludes halogenated alkanes) is 1. The van der Waals surface area contributed by atoms with E-state index in [0.717, 1.165) is 43.7 Å². The predicted octanol–water partition coefficient (Wildman–Crippen LogP) is 1.45. The van der Waals surface area contributed by atoms with Crippen LogP contribution in [-0.4, -0.2) is 63.3 Å². The van der Waals surface area contributed by atoms with E-state index < -0.39 is 0 Å². The molecule has 0 saturated carbocycles. The van der Waals surface area contributed by atoms with Gasteiger partial charge in [0.05, 0.1) is 6.67 Å². The fraction of sp³-hybridized carbons (Fsp3) is 0.600. The molecule has 6 nitrogen and oxygen atoms in total. The summed E-state index contributed by atoms with van der Waals surface area (Å²) < 4.78 is 0. The first-order chi connectivity index (χ1) is 10.0. The summed E-state index contributed by atoms with van der Waals surface area (Å²) >= 11 is 0. The Balaban J connectivity index is 4.43. The average molecular weight is 294 g/mol. The fourth-order valence-corrected chi connectivity index (χ4v) is 1.65. The Morgan fingerprint density at radius 3 is 2.57 bits per heavy atom. The molecule has 6 heteroatoms. The van der Waals surface area contributed by atoms with Crippen LogP contribution in [-0.2, 0) is 0 Å². The molecule has 0 amide bonds. The number of hydrogen-bond acceptors (Lipinski definition) is 5. The van der Waals surface area contributed by atoms with Gasteiger partial charge in [-0.15, -0.1) is 0 Å². The van der Waals surface area contributed by atoms with Crippen molar-refractivity contribution >= 4 is 12.1 Å². The quantitative estimate of drug-likeness (QED) is 0.135. The topological polar surface area (TPSA) is 66.8 Å². The van der Waals surface area contributed by atoms with Crippen molar-refractivity contribution in [2.24, 2.45) is 4.99 Å². The minimum Gasteiger partial charge on any atom is -0.383 e. The van der Waals surface area contributed by atoms with Crippen LogP contribution in [0.1, 0.15) is 19.8 Å². The van der Waals surface area contributed by atoms with Crippen LogP contribution in [0.5, 0.6) is 0 Å². The Morgan fingerprint density at radius 2 is 2.00 bits per heavy atom. The number of aliphatic imine (C=N–C) groups is 1. The summed E-state index contributed by atoms with van der Waals surface area (Å²) in [5.41, 5.74) is 7.92. The first-order valence-electron chi connectivity index (χ1n) is 7.18. The van der Waals surface area contributed by atoms with Gasteiger partial charge < -0.3 is 4.90 Å². The maximum Gasteiger partial charge on any atom is 0.107 e. The molecule has 0 aromatic rings. The van der Waals surface area contributed by atoms with Gasteiger partial charge in [0.25, 0.3) is 0 Å². The van der Waals surface area contributed by atoms with Crippen molar-refractivity contribution in [3.05, 3.63) is 23.9 Å². The van der Waals surface area contributed by atoms with Gasteiger partial charge in [-0.25, -0.2) is 10.4 Å². The van der Waals surface area contributed by atoms with Crippen molar-refractivity contribution in [2.75, 3.05) is 41.4 Å². The number of hydrogen-bond donors (Lipinski definition) is 3. The molecule has 21 heavy (non-hydrogen) atoms. The Hall–Kier alpha value is -1.50. The smallest absolute Gasteiger partial charge is 0.107 e. The van der Waals surface area contributed by atoms with E-state index in [9.17, 15) is 0 Å². The molecule has 0 rings (SSSR count). The van der Waals surface area contributed by atoms with E-state index >= 15 is 0 Å². The minimum absolute atomic E-state index is 0.821. The van der Waals surface area contributed by atoms with E-state index in [4.69, 9.17) is 5.41 Å². The summed E-state index contributed by atoms with van der Waals surface area (Å²) in [6.07, 6.45) is 9.37. The molecule has 3 N–H and O–H groups in total. The molecule has 0 unspecified atom stereocenters. The van der Waals surface area contributed by atoms with Crippen molar-refractivity contribution in [2.45, 2.75) is 19.8 Å². The van der Waals surface area contributed by atoms with Crippen molar-refractivity contribution in [1.82, 2.24) is 20.7 Å². The zero-order valence-electron chi connectivity index (χ0n) is 14.0. The lowest BCUT2D eigenvalue weighted by atomic mass is 10.1. The van der Waals surface area contributed by atoms with Crippen molar-refractivity contribution in [3.63, 3.8) is 0 Å². The average Bonchev–Trinajstić information content (AvgIpc) is 2.44. The van der Waals surface area contributed by atoms with Crippen molar-refractivity contribution < 1.29 is 0 Å². The lowest BCUT2D eigenvalue weighted by molar-refractivity contribution is 0.289. The molecule has 0 aromatic heterocycles. The highest BCUT2D eigenvalue weighted by molar-refractivity contribution is 6.03. The largest absolute Gasteiger partial charge is 0.383 e. The van der Waals surface area contributed by atoms with Crippen LogP contribution in [0, 0.1) is 5.41 Å². The zero-order chi connectivity index (χ0) is 16.1. The van der Waals surface area contributed by atoms with Crippen LogP contribution in [0.2, 0.25) is 0 Å². The van der Waals surface area contributed by atoms with E-state index in [1.807, 2.05) is 45.2 Å². The van der Waals surface area contributed by atoms with Crippen LogP contribution in [0.15, 0.2) is 28.9 Å². The number of allylic oxidation sites excluding steroid dienone is 3. The molecule has 0 heterocycles. The van der Waals surface area contributed by atoms with E-state index in [0.29, 0.717) is 0 Å². The van der Waals surface area contributed by atoms with Gasteiger partial charge in [0.15, 0.2) is 0 Å². The second kappa shape index (κ2) is 12.3. The number of hydrazine groups is 1. The summed E-state index contributed by atoms with van der Waals surface area (Å²) in [5, 5.41) is 7.08. The highest BCUT2D eigenvalue weighted by Crippen LogP contribution is 2.05. The van der Waals surface area contributed by atoms with Crippen LogP contribution in [0.25, 0.3) is 0 Å². The molecule has 0 atom stereocenters. The first kappa shape index (κ1) is 19.5. The second-order valence-electron chi connectivity index (χ2n) is 5.09. The van der Waals surface area contributed by atoms with E-state index in [2.05, 4.69) is 33.9 Å². The molecule has 0 bridgehead atoms. The first-order valence-corrected chi connectivity index (χ1v) is 7.18. The summed E-state index contributed by atoms with van der Waals surface area (Å²) in [6.45, 7) is 3.78. The molecule has 0 aliphatic carbocycles. The van der Waals surface area contributed by atoms with E-state index in [-0.39, 0.29) is 0 Å². The molecule has 0 radical (unpaired) electrons. The molecule has 0 aliphatic rings. The standard InChI is InChI=1S/C15H30N6/c1-14(18-12-16)15(9-11-20(3)4)8-6-7-10-21(5)13-19-17-2/h8-9,11-12,16-17,19H,6-7,10,13H2,1-5H3/b11-9-,15-8+,16-12?,18-14-. The van der Waals surface area contributed by atoms with Crippen LogP contribution in [0.4, 0.5) is 0 Å². The third-order valence-corrected chi connectivity index (χ3v) is 2.86. The maximum absolute atomic E-state index is 7.08. The summed E-state index contributed by atoms with van der Waals surface area (Å²) in [7, 11) is 7.93. The Kier molecular flexibility index (Phi) is 11.4. The van der Waals surface area contributed by atoms with Gasteiger partial charge in [-0.1, -0.05) is 6.08 Å². The predicted molar refractivity (Wildman–Crippen MR) is 91.7 cm³/mol. The van der Waals surface area contributed by atoms with Crippen molar-refractivity contribution in [1.29, 1.82) is 5.41 Å². The molecule has 0 fully saturated rings. The molecule has 0 saturated heterocycles. The van der Waals surface area contributed by atoms with E-state index in [1.54, 1.807) is 0 Å². The van der Waals surface area contributed by atoms with Gasteiger partial charge in [0.1, 0.15) is 6.34 Å². The lowest BCUT2D eigenvalue weighted by Gasteiger charge is -2.16. The summed E-state index contributed by atoms with van der Waals surface area (Å²) in [6, 6.07) is 0. The number of rotatable bonds is 11. The third kappa shape index (κ3) is 10.9. The fourth-order valence-electron chi connectivity index (χ4n) is 1.65. The normalized spacial score (nSPS) is 13.2. The molecular weight excluding hydrogens is 264 g/mol. The highest BCUT2D eigenvalue weighted by atomic mass is 15.4. The molecular formula is C15H30N6. The monoisotopic (exact) mass is 294 g/mol. The molecule has 0 spiro atoms. The number of nitrogens with zero attached hydrogens (tertiary/aromatic N) is 3. The highest BCUT2D eigenvalue weighted by Gasteiger charge is 1.99. The Labute approximate surface area is 129 Å². The van der Waals surface area contributed by atoms with Crippen molar-refractivity contribution in [3.8, 4) is 0 Å². The van der Waals surface area contributed by atoms with Gasteiger partial charge in [-0.3, -0.25) is 15.7 Å². The zero-order valence-corrected chi connectivity index (χ0v) is 14.0. The summed E-state index contributed by atoms with van der Waals surface area (Å²) in [4.78, 5) is 8.26. The number of nitrogens with one attached hydrogen (secondary N) is 3. The van der Waals surface area contributed by atoms with Crippen LogP contribution >= 0.6 is 0 Å².